The first-order valence-electron chi connectivity index (χ1n) is 7.02. The molecule has 0 aliphatic heterocycles. The van der Waals surface area contributed by atoms with Crippen LogP contribution in [0.25, 0.3) is 0 Å². The second-order valence-electron chi connectivity index (χ2n) is 4.89. The lowest BCUT2D eigenvalue weighted by molar-refractivity contribution is -0.144. The van der Waals surface area contributed by atoms with Gasteiger partial charge in [-0.2, -0.15) is 0 Å². The summed E-state index contributed by atoms with van der Waals surface area (Å²) in [7, 11) is -3.68. The van der Waals surface area contributed by atoms with Gasteiger partial charge < -0.3 is 4.74 Å². The summed E-state index contributed by atoms with van der Waals surface area (Å²) in [4.78, 5) is 11.7. The van der Waals surface area contributed by atoms with Gasteiger partial charge in [0.05, 0.1) is 11.3 Å². The van der Waals surface area contributed by atoms with Crippen LogP contribution in [0.5, 0.6) is 0 Å². The molecule has 0 heterocycles. The van der Waals surface area contributed by atoms with Crippen LogP contribution in [-0.2, 0) is 26.2 Å². The van der Waals surface area contributed by atoms with E-state index in [2.05, 4.69) is 4.72 Å². The molecule has 1 N–H and O–H groups in total. The molecule has 0 amide bonds. The van der Waals surface area contributed by atoms with E-state index in [0.29, 0.717) is 10.0 Å². The zero-order valence-corrected chi connectivity index (χ0v) is 14.9. The number of hydrogen-bond acceptors (Lipinski definition) is 4. The first-order chi connectivity index (χ1) is 11.4. The molecule has 0 saturated carbocycles. The molecule has 0 atom stereocenters. The zero-order chi connectivity index (χ0) is 17.6. The molecule has 0 radical (unpaired) electrons. The number of sulfonamides is 1. The number of halogens is 2. The fraction of sp³-hybridized carbons (Fsp3) is 0.188. The Balaban J connectivity index is 1.78. The minimum atomic E-state index is -3.68. The highest BCUT2D eigenvalue weighted by atomic mass is 35.5. The highest BCUT2D eigenvalue weighted by Gasteiger charge is 2.14. The van der Waals surface area contributed by atoms with Crippen LogP contribution in [0.2, 0.25) is 10.0 Å². The third-order valence-corrected chi connectivity index (χ3v) is 5.00. The van der Waals surface area contributed by atoms with E-state index >= 15 is 0 Å². The molecule has 0 saturated heterocycles. The van der Waals surface area contributed by atoms with Crippen LogP contribution in [0.15, 0.2) is 53.4 Å². The monoisotopic (exact) mass is 387 g/mol. The summed E-state index contributed by atoms with van der Waals surface area (Å²) in [6.07, 6.45) is -0.0760. The van der Waals surface area contributed by atoms with E-state index in [0.717, 1.165) is 5.56 Å². The summed E-state index contributed by atoms with van der Waals surface area (Å²) in [5.74, 6) is -0.506. The molecule has 24 heavy (non-hydrogen) atoms. The molecular weight excluding hydrogens is 373 g/mol. The van der Waals surface area contributed by atoms with Crippen molar-refractivity contribution in [3.05, 3.63) is 64.1 Å². The second-order valence-corrected chi connectivity index (χ2v) is 7.53. The number of carbonyl (C=O) groups excluding carboxylic acids is 1. The van der Waals surface area contributed by atoms with Gasteiger partial charge in [-0.25, -0.2) is 13.1 Å². The Kier molecular flexibility index (Phi) is 6.62. The Labute approximate surface area is 150 Å². The smallest absolute Gasteiger partial charge is 0.307 e. The van der Waals surface area contributed by atoms with Gasteiger partial charge in [0.2, 0.25) is 10.0 Å². The van der Waals surface area contributed by atoms with Gasteiger partial charge in [0.25, 0.3) is 0 Å². The summed E-state index contributed by atoms with van der Waals surface area (Å²) < 4.78 is 31.5. The summed E-state index contributed by atoms with van der Waals surface area (Å²) in [5, 5.41) is 0.998. The molecule has 0 aliphatic rings. The van der Waals surface area contributed by atoms with Crippen LogP contribution in [0.1, 0.15) is 12.0 Å². The number of nitrogens with one attached hydrogen (secondary N) is 1. The predicted molar refractivity (Wildman–Crippen MR) is 92.5 cm³/mol. The zero-order valence-electron chi connectivity index (χ0n) is 12.5. The topological polar surface area (TPSA) is 72.5 Å². The van der Waals surface area contributed by atoms with E-state index in [1.54, 1.807) is 24.3 Å². The number of rotatable bonds is 7. The molecule has 128 valence electrons. The normalized spacial score (nSPS) is 11.2. The Bertz CT molecular complexity index is 807. The molecule has 5 nitrogen and oxygen atoms in total. The third kappa shape index (κ3) is 5.79. The molecule has 0 fully saturated rings. The maximum atomic E-state index is 12.0. The van der Waals surface area contributed by atoms with Crippen LogP contribution in [0.4, 0.5) is 0 Å². The standard InChI is InChI=1S/C16H15Cl2NO4S/c17-13-4-6-15(7-5-13)24(21,22)19-9-8-16(20)23-11-12-2-1-3-14(18)10-12/h1-7,10,19H,8-9,11H2. The lowest BCUT2D eigenvalue weighted by atomic mass is 10.2. The number of hydrogen-bond donors (Lipinski definition) is 1. The lowest BCUT2D eigenvalue weighted by Gasteiger charge is -2.08. The van der Waals surface area contributed by atoms with Gasteiger partial charge in [0, 0.05) is 16.6 Å². The average molecular weight is 388 g/mol. The second kappa shape index (κ2) is 8.48. The number of esters is 1. The van der Waals surface area contributed by atoms with Gasteiger partial charge in [-0.05, 0) is 42.0 Å². The van der Waals surface area contributed by atoms with Gasteiger partial charge in [-0.3, -0.25) is 4.79 Å². The maximum absolute atomic E-state index is 12.0. The van der Waals surface area contributed by atoms with Crippen molar-refractivity contribution in [2.45, 2.75) is 17.9 Å². The molecule has 0 aliphatic carbocycles. The summed E-state index contributed by atoms with van der Waals surface area (Å²) in [6, 6.07) is 12.7. The third-order valence-electron chi connectivity index (χ3n) is 3.03. The lowest BCUT2D eigenvalue weighted by Crippen LogP contribution is -2.26. The first-order valence-corrected chi connectivity index (χ1v) is 9.26. The van der Waals surface area contributed by atoms with E-state index in [-0.39, 0.29) is 24.5 Å². The van der Waals surface area contributed by atoms with Gasteiger partial charge in [0.1, 0.15) is 6.61 Å². The molecule has 0 spiro atoms. The highest BCUT2D eigenvalue weighted by Crippen LogP contribution is 2.14. The van der Waals surface area contributed by atoms with Gasteiger partial charge >= 0.3 is 5.97 Å². The van der Waals surface area contributed by atoms with E-state index in [1.807, 2.05) is 0 Å². The molecule has 2 aromatic carbocycles. The Morgan fingerprint density at radius 2 is 1.75 bits per heavy atom. The van der Waals surface area contributed by atoms with Crippen LogP contribution >= 0.6 is 23.2 Å². The summed E-state index contributed by atoms with van der Waals surface area (Å²) in [5.41, 5.74) is 0.762. The summed E-state index contributed by atoms with van der Waals surface area (Å²) in [6.45, 7) is 0.0304. The number of benzene rings is 2. The maximum Gasteiger partial charge on any atom is 0.307 e. The molecule has 0 aromatic heterocycles. The Morgan fingerprint density at radius 3 is 2.42 bits per heavy atom. The van der Waals surface area contributed by atoms with Crippen molar-refractivity contribution in [3.8, 4) is 0 Å². The predicted octanol–water partition coefficient (Wildman–Crippen LogP) is 3.41. The van der Waals surface area contributed by atoms with E-state index < -0.39 is 16.0 Å². The molecular formula is C16H15Cl2NO4S. The number of ether oxygens (including phenoxy) is 1. The van der Waals surface area contributed by atoms with E-state index in [1.165, 1.54) is 24.3 Å². The van der Waals surface area contributed by atoms with E-state index in [4.69, 9.17) is 27.9 Å². The fourth-order valence-corrected chi connectivity index (χ4v) is 3.22. The number of carbonyl (C=O) groups is 1. The van der Waals surface area contributed by atoms with Crippen molar-refractivity contribution >= 4 is 39.2 Å². The molecule has 2 rings (SSSR count). The van der Waals surface area contributed by atoms with Crippen molar-refractivity contribution in [2.75, 3.05) is 6.54 Å². The molecule has 0 unspecified atom stereocenters. The SMILES string of the molecule is O=C(CCNS(=O)(=O)c1ccc(Cl)cc1)OCc1cccc(Cl)c1. The fourth-order valence-electron chi connectivity index (χ4n) is 1.85. The van der Waals surface area contributed by atoms with Gasteiger partial charge in [-0.15, -0.1) is 0 Å². The van der Waals surface area contributed by atoms with Crippen LogP contribution in [-0.4, -0.2) is 20.9 Å². The minimum absolute atomic E-state index is 0.0562. The van der Waals surface area contributed by atoms with Crippen molar-refractivity contribution < 1.29 is 17.9 Å². The van der Waals surface area contributed by atoms with Crippen LogP contribution in [0.3, 0.4) is 0 Å². The Hall–Kier alpha value is -1.60. The van der Waals surface area contributed by atoms with Crippen molar-refractivity contribution in [1.82, 2.24) is 4.72 Å². The largest absolute Gasteiger partial charge is 0.461 e. The van der Waals surface area contributed by atoms with Crippen LogP contribution in [0, 0.1) is 0 Å². The first kappa shape index (κ1) is 18.7. The minimum Gasteiger partial charge on any atom is -0.461 e. The van der Waals surface area contributed by atoms with Gasteiger partial charge in [-0.1, -0.05) is 35.3 Å². The quantitative estimate of drug-likeness (QED) is 0.738. The average Bonchev–Trinajstić information content (AvgIpc) is 2.53. The van der Waals surface area contributed by atoms with E-state index in [9.17, 15) is 13.2 Å². The van der Waals surface area contributed by atoms with Crippen molar-refractivity contribution in [1.29, 1.82) is 0 Å². The highest BCUT2D eigenvalue weighted by molar-refractivity contribution is 7.89. The summed E-state index contributed by atoms with van der Waals surface area (Å²) >= 11 is 11.6. The van der Waals surface area contributed by atoms with Crippen LogP contribution < -0.4 is 4.72 Å². The van der Waals surface area contributed by atoms with Gasteiger partial charge in [0.15, 0.2) is 0 Å². The van der Waals surface area contributed by atoms with Crippen molar-refractivity contribution in [2.24, 2.45) is 0 Å². The molecule has 2 aromatic rings. The molecule has 8 heteroatoms. The Morgan fingerprint density at radius 1 is 1.04 bits per heavy atom. The van der Waals surface area contributed by atoms with Crippen molar-refractivity contribution in [3.63, 3.8) is 0 Å². The molecule has 0 bridgehead atoms.